The molecule has 0 aliphatic carbocycles. The fraction of sp³-hybridized carbons (Fsp3) is 0.222. The number of hydrogen-bond donors (Lipinski definition) is 1. The second kappa shape index (κ2) is 9.08. The van der Waals surface area contributed by atoms with E-state index < -0.39 is 0 Å². The lowest BCUT2D eigenvalue weighted by Crippen LogP contribution is -2.19. The molecule has 0 aromatic heterocycles. The van der Waals surface area contributed by atoms with Crippen LogP contribution in [0.15, 0.2) is 52.0 Å². The molecule has 126 valence electrons. The molecule has 0 saturated heterocycles. The topological polar surface area (TPSA) is 59.9 Å². The van der Waals surface area contributed by atoms with Gasteiger partial charge in [-0.25, -0.2) is 5.43 Å². The van der Waals surface area contributed by atoms with Crippen LogP contribution in [-0.4, -0.2) is 25.8 Å². The highest BCUT2D eigenvalue weighted by Gasteiger charge is 2.05. The third kappa shape index (κ3) is 5.38. The summed E-state index contributed by atoms with van der Waals surface area (Å²) in [6.07, 6.45) is 1.85. The fourth-order valence-electron chi connectivity index (χ4n) is 2.05. The lowest BCUT2D eigenvalue weighted by molar-refractivity contribution is -0.120. The molecule has 0 aliphatic rings. The standard InChI is InChI=1S/C18H19BrN2O3/c1-3-24-17-10-14(6-9-16(17)23-2)12-20-21-18(22)11-13-4-7-15(19)8-5-13/h4-10,12H,3,11H2,1-2H3,(H,21,22)/b20-12+. The summed E-state index contributed by atoms with van der Waals surface area (Å²) in [4.78, 5) is 11.9. The molecule has 0 atom stereocenters. The molecule has 1 N–H and O–H groups in total. The van der Waals surface area contributed by atoms with Gasteiger partial charge >= 0.3 is 0 Å². The van der Waals surface area contributed by atoms with E-state index in [1.807, 2.05) is 43.3 Å². The van der Waals surface area contributed by atoms with E-state index in [0.717, 1.165) is 15.6 Å². The molecule has 0 radical (unpaired) electrons. The van der Waals surface area contributed by atoms with E-state index in [9.17, 15) is 4.79 Å². The van der Waals surface area contributed by atoms with Crippen LogP contribution in [0.5, 0.6) is 11.5 Å². The molecular weight excluding hydrogens is 372 g/mol. The predicted molar refractivity (Wildman–Crippen MR) is 97.7 cm³/mol. The molecule has 0 saturated carbocycles. The van der Waals surface area contributed by atoms with Crippen LogP contribution in [0.4, 0.5) is 0 Å². The average Bonchev–Trinajstić information content (AvgIpc) is 2.57. The summed E-state index contributed by atoms with van der Waals surface area (Å²) >= 11 is 3.36. The third-order valence-electron chi connectivity index (χ3n) is 3.17. The lowest BCUT2D eigenvalue weighted by atomic mass is 10.1. The minimum atomic E-state index is -0.174. The number of halogens is 1. The van der Waals surface area contributed by atoms with Crippen LogP contribution in [0.2, 0.25) is 0 Å². The van der Waals surface area contributed by atoms with Crippen molar-refractivity contribution < 1.29 is 14.3 Å². The van der Waals surface area contributed by atoms with Crippen LogP contribution in [0.25, 0.3) is 0 Å². The monoisotopic (exact) mass is 390 g/mol. The van der Waals surface area contributed by atoms with E-state index in [1.54, 1.807) is 19.4 Å². The van der Waals surface area contributed by atoms with Crippen LogP contribution < -0.4 is 14.9 Å². The molecule has 24 heavy (non-hydrogen) atoms. The quantitative estimate of drug-likeness (QED) is 0.580. The number of hydrazone groups is 1. The van der Waals surface area contributed by atoms with Crippen molar-refractivity contribution in [2.75, 3.05) is 13.7 Å². The molecule has 6 heteroatoms. The Morgan fingerprint density at radius 1 is 1.21 bits per heavy atom. The second-order valence-corrected chi connectivity index (χ2v) is 5.86. The van der Waals surface area contributed by atoms with Gasteiger partial charge < -0.3 is 9.47 Å². The van der Waals surface area contributed by atoms with Gasteiger partial charge in [0.05, 0.1) is 26.4 Å². The molecule has 0 bridgehead atoms. The van der Waals surface area contributed by atoms with Gasteiger partial charge in [0.1, 0.15) is 0 Å². The van der Waals surface area contributed by atoms with Gasteiger partial charge in [-0.3, -0.25) is 4.79 Å². The Kier molecular flexibility index (Phi) is 6.81. The lowest BCUT2D eigenvalue weighted by Gasteiger charge is -2.09. The van der Waals surface area contributed by atoms with Gasteiger partial charge in [-0.05, 0) is 48.4 Å². The maximum Gasteiger partial charge on any atom is 0.244 e. The van der Waals surface area contributed by atoms with Crippen LogP contribution in [0, 0.1) is 0 Å². The summed E-state index contributed by atoms with van der Waals surface area (Å²) in [6.45, 7) is 2.45. The summed E-state index contributed by atoms with van der Waals surface area (Å²) in [5.41, 5.74) is 4.25. The van der Waals surface area contributed by atoms with Crippen molar-refractivity contribution in [1.82, 2.24) is 5.43 Å². The van der Waals surface area contributed by atoms with Crippen LogP contribution in [0.3, 0.4) is 0 Å². The van der Waals surface area contributed by atoms with Crippen molar-refractivity contribution in [1.29, 1.82) is 0 Å². The smallest absolute Gasteiger partial charge is 0.244 e. The Hall–Kier alpha value is -2.34. The molecule has 0 fully saturated rings. The molecule has 0 unspecified atom stereocenters. The third-order valence-corrected chi connectivity index (χ3v) is 3.70. The number of methoxy groups -OCH3 is 1. The normalized spacial score (nSPS) is 10.6. The number of benzene rings is 2. The zero-order chi connectivity index (χ0) is 17.4. The van der Waals surface area contributed by atoms with E-state index in [1.165, 1.54) is 0 Å². The summed E-state index contributed by atoms with van der Waals surface area (Å²) < 4.78 is 11.7. The van der Waals surface area contributed by atoms with Crippen molar-refractivity contribution in [3.63, 3.8) is 0 Å². The maximum atomic E-state index is 11.9. The first-order chi connectivity index (χ1) is 11.6. The summed E-state index contributed by atoms with van der Waals surface area (Å²) in [5, 5.41) is 3.98. The van der Waals surface area contributed by atoms with E-state index in [4.69, 9.17) is 9.47 Å². The van der Waals surface area contributed by atoms with E-state index in [0.29, 0.717) is 18.1 Å². The summed E-state index contributed by atoms with van der Waals surface area (Å²) in [7, 11) is 1.59. The first-order valence-electron chi connectivity index (χ1n) is 7.49. The van der Waals surface area contributed by atoms with Gasteiger partial charge in [0.25, 0.3) is 0 Å². The molecule has 0 heterocycles. The fourth-order valence-corrected chi connectivity index (χ4v) is 2.31. The van der Waals surface area contributed by atoms with Gasteiger partial charge in [-0.1, -0.05) is 28.1 Å². The average molecular weight is 391 g/mol. The molecule has 2 aromatic carbocycles. The molecule has 0 aliphatic heterocycles. The first-order valence-corrected chi connectivity index (χ1v) is 8.29. The first kappa shape index (κ1) is 18.0. The molecular formula is C18H19BrN2O3. The summed E-state index contributed by atoms with van der Waals surface area (Å²) in [6, 6.07) is 13.0. The van der Waals surface area contributed by atoms with Crippen LogP contribution in [0.1, 0.15) is 18.1 Å². The zero-order valence-corrected chi connectivity index (χ0v) is 15.2. The largest absolute Gasteiger partial charge is 0.493 e. The van der Waals surface area contributed by atoms with Crippen molar-refractivity contribution in [3.05, 3.63) is 58.1 Å². The van der Waals surface area contributed by atoms with Crippen molar-refractivity contribution in [3.8, 4) is 11.5 Å². The highest BCUT2D eigenvalue weighted by Crippen LogP contribution is 2.27. The number of amides is 1. The van der Waals surface area contributed by atoms with Crippen molar-refractivity contribution in [2.45, 2.75) is 13.3 Å². The number of rotatable bonds is 7. The van der Waals surface area contributed by atoms with E-state index >= 15 is 0 Å². The van der Waals surface area contributed by atoms with Gasteiger partial charge in [-0.15, -0.1) is 0 Å². The number of carbonyl (C=O) groups is 1. The second-order valence-electron chi connectivity index (χ2n) is 4.94. The number of nitrogens with zero attached hydrogens (tertiary/aromatic N) is 1. The number of nitrogens with one attached hydrogen (secondary N) is 1. The SMILES string of the molecule is CCOc1cc(/C=N/NC(=O)Cc2ccc(Br)cc2)ccc1OC. The highest BCUT2D eigenvalue weighted by atomic mass is 79.9. The van der Waals surface area contributed by atoms with Crippen molar-refractivity contribution >= 4 is 28.1 Å². The van der Waals surface area contributed by atoms with Gasteiger partial charge in [0.15, 0.2) is 11.5 Å². The predicted octanol–water partition coefficient (Wildman–Crippen LogP) is 3.55. The molecule has 2 rings (SSSR count). The maximum absolute atomic E-state index is 11.9. The highest BCUT2D eigenvalue weighted by molar-refractivity contribution is 9.10. The van der Waals surface area contributed by atoms with Gasteiger partial charge in [0, 0.05) is 4.47 Å². The number of ether oxygens (including phenoxy) is 2. The molecule has 5 nitrogen and oxygen atoms in total. The Bertz CT molecular complexity index is 715. The molecule has 0 spiro atoms. The van der Waals surface area contributed by atoms with Crippen molar-refractivity contribution in [2.24, 2.45) is 5.10 Å². The Morgan fingerprint density at radius 3 is 2.62 bits per heavy atom. The summed E-state index contributed by atoms with van der Waals surface area (Å²) in [5.74, 6) is 1.13. The molecule has 1 amide bonds. The van der Waals surface area contributed by atoms with E-state index in [-0.39, 0.29) is 12.3 Å². The Balaban J connectivity index is 1.94. The number of hydrogen-bond acceptors (Lipinski definition) is 4. The van der Waals surface area contributed by atoms with Crippen LogP contribution >= 0.6 is 15.9 Å². The minimum Gasteiger partial charge on any atom is -0.493 e. The van der Waals surface area contributed by atoms with E-state index in [2.05, 4.69) is 26.5 Å². The number of carbonyl (C=O) groups excluding carboxylic acids is 1. The Morgan fingerprint density at radius 2 is 1.96 bits per heavy atom. The van der Waals surface area contributed by atoms with Crippen LogP contribution in [-0.2, 0) is 11.2 Å². The minimum absolute atomic E-state index is 0.174. The Labute approximate surface area is 149 Å². The zero-order valence-electron chi connectivity index (χ0n) is 13.6. The van der Waals surface area contributed by atoms with Gasteiger partial charge in [-0.2, -0.15) is 5.10 Å². The molecule has 2 aromatic rings. The van der Waals surface area contributed by atoms with Gasteiger partial charge in [0.2, 0.25) is 5.91 Å².